The Morgan fingerprint density at radius 2 is 1.68 bits per heavy atom. The summed E-state index contributed by atoms with van der Waals surface area (Å²) < 4.78 is 0. The quantitative estimate of drug-likeness (QED) is 0.195. The van der Waals surface area contributed by atoms with Gasteiger partial charge in [0, 0.05) is 23.9 Å². The lowest BCUT2D eigenvalue weighted by Gasteiger charge is -2.26. The number of allylic oxidation sites excluding steroid dienone is 2. The fourth-order valence-electron chi connectivity index (χ4n) is 4.16. The number of hydrogen-bond acceptors (Lipinski definition) is 3. The number of amides is 2. The molecule has 0 aromatic heterocycles. The Kier molecular flexibility index (Phi) is 10.9. The van der Waals surface area contributed by atoms with Crippen molar-refractivity contribution in [3.05, 3.63) is 82.9 Å². The van der Waals surface area contributed by atoms with Crippen LogP contribution in [0.2, 0.25) is 0 Å². The Labute approximate surface area is 205 Å². The zero-order valence-corrected chi connectivity index (χ0v) is 21.3. The van der Waals surface area contributed by atoms with Crippen LogP contribution in [-0.2, 0) is 16.0 Å². The Morgan fingerprint density at radius 3 is 2.26 bits per heavy atom. The fraction of sp³-hybridized carbons (Fsp3) is 0.433. The molecule has 2 aromatic carbocycles. The number of benzene rings is 2. The molecule has 0 aliphatic rings. The Hall–Kier alpha value is -3.01. The van der Waals surface area contributed by atoms with Crippen molar-refractivity contribution < 1.29 is 14.4 Å². The van der Waals surface area contributed by atoms with E-state index in [1.807, 2.05) is 81.5 Å². The zero-order chi connectivity index (χ0) is 25.1. The van der Waals surface area contributed by atoms with E-state index in [0.29, 0.717) is 32.1 Å². The summed E-state index contributed by atoms with van der Waals surface area (Å²) in [7, 11) is 0. The highest BCUT2D eigenvalue weighted by Crippen LogP contribution is 2.23. The average molecular weight is 462 g/mol. The van der Waals surface area contributed by atoms with Gasteiger partial charge in [0.1, 0.15) is 0 Å². The fourth-order valence-corrected chi connectivity index (χ4v) is 4.16. The Balaban J connectivity index is 1.92. The van der Waals surface area contributed by atoms with Gasteiger partial charge in [-0.2, -0.15) is 0 Å². The first-order chi connectivity index (χ1) is 16.3. The first-order valence-electron chi connectivity index (χ1n) is 12.3. The molecule has 2 rings (SSSR count). The highest BCUT2D eigenvalue weighted by atomic mass is 16.2. The van der Waals surface area contributed by atoms with Crippen LogP contribution in [0.4, 0.5) is 0 Å². The molecule has 0 aliphatic carbocycles. The third-order valence-electron chi connectivity index (χ3n) is 6.59. The van der Waals surface area contributed by atoms with Crippen molar-refractivity contribution in [3.8, 4) is 0 Å². The van der Waals surface area contributed by atoms with E-state index < -0.39 is 0 Å². The van der Waals surface area contributed by atoms with Crippen LogP contribution in [0, 0.1) is 25.7 Å². The maximum Gasteiger partial charge on any atom is 0.229 e. The molecule has 0 spiro atoms. The molecule has 0 N–H and O–H groups in total. The molecule has 2 aromatic rings. The smallest absolute Gasteiger partial charge is 0.229 e. The van der Waals surface area contributed by atoms with Crippen LogP contribution in [0.25, 0.3) is 0 Å². The lowest BCUT2D eigenvalue weighted by Crippen LogP contribution is -2.40. The van der Waals surface area contributed by atoms with Crippen molar-refractivity contribution in [2.45, 2.75) is 72.8 Å². The third-order valence-corrected chi connectivity index (χ3v) is 6.59. The van der Waals surface area contributed by atoms with Crippen LogP contribution in [0.3, 0.4) is 0 Å². The van der Waals surface area contributed by atoms with Gasteiger partial charge < -0.3 is 0 Å². The zero-order valence-electron chi connectivity index (χ0n) is 21.3. The monoisotopic (exact) mass is 461 g/mol. The number of nitrogens with zero attached hydrogens (tertiary/aromatic N) is 1. The highest BCUT2D eigenvalue weighted by molar-refractivity contribution is 5.98. The maximum absolute atomic E-state index is 13.1. The SMILES string of the molecule is CCC(Cc1ccccc1)N(C=O)C(=O)CC/C=C/CC(C(=O)c1ccc(C)c(C)c1)C(C)C. The third kappa shape index (κ3) is 7.79. The number of carbonyl (C=O) groups excluding carboxylic acids is 3. The molecule has 2 amide bonds. The van der Waals surface area contributed by atoms with Gasteiger partial charge in [-0.15, -0.1) is 0 Å². The van der Waals surface area contributed by atoms with E-state index in [0.717, 1.165) is 16.7 Å². The van der Waals surface area contributed by atoms with Crippen molar-refractivity contribution >= 4 is 18.1 Å². The molecular formula is C30H39NO3. The van der Waals surface area contributed by atoms with E-state index in [1.165, 1.54) is 10.5 Å². The Bertz CT molecular complexity index is 978. The van der Waals surface area contributed by atoms with Gasteiger partial charge in [0.25, 0.3) is 0 Å². The predicted octanol–water partition coefficient (Wildman–Crippen LogP) is 6.49. The Morgan fingerprint density at radius 1 is 0.971 bits per heavy atom. The van der Waals surface area contributed by atoms with Crippen molar-refractivity contribution in [1.29, 1.82) is 0 Å². The molecular weight excluding hydrogens is 422 g/mol. The number of rotatable bonds is 13. The summed E-state index contributed by atoms with van der Waals surface area (Å²) >= 11 is 0. The molecule has 0 saturated carbocycles. The second-order valence-corrected chi connectivity index (χ2v) is 9.42. The molecule has 4 nitrogen and oxygen atoms in total. The lowest BCUT2D eigenvalue weighted by molar-refractivity contribution is -0.140. The highest BCUT2D eigenvalue weighted by Gasteiger charge is 2.23. The summed E-state index contributed by atoms with van der Waals surface area (Å²) in [5.74, 6) is 0.122. The van der Waals surface area contributed by atoms with Gasteiger partial charge in [0.05, 0.1) is 0 Å². The van der Waals surface area contributed by atoms with Crippen LogP contribution >= 0.6 is 0 Å². The molecule has 0 fully saturated rings. The van der Waals surface area contributed by atoms with Crippen LogP contribution in [-0.4, -0.2) is 29.0 Å². The number of Topliss-reactive ketones (excluding diaryl/α,β-unsaturated/α-hetero) is 1. The molecule has 0 heterocycles. The van der Waals surface area contributed by atoms with Crippen LogP contribution in [0.15, 0.2) is 60.7 Å². The largest absolute Gasteiger partial charge is 0.294 e. The lowest BCUT2D eigenvalue weighted by atomic mass is 9.84. The number of aryl methyl sites for hydroxylation is 2. The molecule has 34 heavy (non-hydrogen) atoms. The van der Waals surface area contributed by atoms with E-state index in [9.17, 15) is 14.4 Å². The summed E-state index contributed by atoms with van der Waals surface area (Å²) in [6, 6.07) is 15.7. The minimum absolute atomic E-state index is 0.101. The summed E-state index contributed by atoms with van der Waals surface area (Å²) in [5, 5.41) is 0. The van der Waals surface area contributed by atoms with Gasteiger partial charge >= 0.3 is 0 Å². The van der Waals surface area contributed by atoms with Crippen molar-refractivity contribution in [2.24, 2.45) is 11.8 Å². The normalized spacial score (nSPS) is 13.1. The average Bonchev–Trinajstić information content (AvgIpc) is 2.82. The molecule has 2 atom stereocenters. The number of imide groups is 1. The van der Waals surface area contributed by atoms with E-state index in [2.05, 4.69) is 13.8 Å². The van der Waals surface area contributed by atoms with E-state index >= 15 is 0 Å². The first-order valence-corrected chi connectivity index (χ1v) is 12.3. The minimum Gasteiger partial charge on any atom is -0.294 e. The molecule has 0 saturated heterocycles. The molecule has 2 unspecified atom stereocenters. The predicted molar refractivity (Wildman–Crippen MR) is 139 cm³/mol. The van der Waals surface area contributed by atoms with E-state index in [-0.39, 0.29) is 36.0 Å². The van der Waals surface area contributed by atoms with Gasteiger partial charge in [0.15, 0.2) is 5.78 Å². The van der Waals surface area contributed by atoms with Crippen molar-refractivity contribution in [2.75, 3.05) is 0 Å². The van der Waals surface area contributed by atoms with Gasteiger partial charge in [-0.1, -0.05) is 75.4 Å². The van der Waals surface area contributed by atoms with E-state index in [4.69, 9.17) is 0 Å². The van der Waals surface area contributed by atoms with Gasteiger partial charge in [0.2, 0.25) is 12.3 Å². The minimum atomic E-state index is -0.158. The standard InChI is InChI=1S/C30H39NO3/c1-6-27(20-25-13-9-7-10-14-25)31(21-32)29(33)16-12-8-11-15-28(22(2)3)30(34)26-18-17-23(4)24(5)19-26/h7-11,13-14,17-19,21-22,27-28H,6,12,15-16,20H2,1-5H3/b11-8+. The van der Waals surface area contributed by atoms with E-state index in [1.54, 1.807) is 0 Å². The topological polar surface area (TPSA) is 54.5 Å². The summed E-state index contributed by atoms with van der Waals surface area (Å²) in [5.41, 5.74) is 4.18. The number of hydrogen-bond donors (Lipinski definition) is 0. The van der Waals surface area contributed by atoms with Crippen LogP contribution < -0.4 is 0 Å². The summed E-state index contributed by atoms with van der Waals surface area (Å²) in [6.07, 6.45) is 7.47. The first kappa shape index (κ1) is 27.2. The second kappa shape index (κ2) is 13.6. The molecule has 4 heteroatoms. The van der Waals surface area contributed by atoms with Gasteiger partial charge in [-0.05, 0) is 68.2 Å². The molecule has 182 valence electrons. The number of ketones is 1. The second-order valence-electron chi connectivity index (χ2n) is 9.42. The van der Waals surface area contributed by atoms with Crippen LogP contribution in [0.5, 0.6) is 0 Å². The molecule has 0 radical (unpaired) electrons. The van der Waals surface area contributed by atoms with Crippen LogP contribution in [0.1, 0.15) is 73.5 Å². The van der Waals surface area contributed by atoms with Crippen molar-refractivity contribution in [1.82, 2.24) is 4.90 Å². The van der Waals surface area contributed by atoms with Crippen molar-refractivity contribution in [3.63, 3.8) is 0 Å². The van der Waals surface area contributed by atoms with Gasteiger partial charge in [-0.3, -0.25) is 19.3 Å². The number of carbonyl (C=O) groups is 3. The maximum atomic E-state index is 13.1. The summed E-state index contributed by atoms with van der Waals surface area (Å²) in [4.78, 5) is 38.8. The molecule has 0 bridgehead atoms. The van der Waals surface area contributed by atoms with Gasteiger partial charge in [-0.25, -0.2) is 0 Å². The summed E-state index contributed by atoms with van der Waals surface area (Å²) in [6.45, 7) is 10.2. The molecule has 0 aliphatic heterocycles.